The predicted molar refractivity (Wildman–Crippen MR) is 458 cm³/mol. The molecule has 12 nitrogen and oxygen atoms in total. The maximum absolute atomic E-state index is 12.5. The second-order valence-electron chi connectivity index (χ2n) is 30.0. The van der Waals surface area contributed by atoms with E-state index in [0.717, 1.165) is 115 Å². The molecule has 606 valence electrons. The van der Waals surface area contributed by atoms with Gasteiger partial charge in [0.2, 0.25) is 17.7 Å². The highest BCUT2D eigenvalue weighted by Crippen LogP contribution is 2.27. The molecule has 0 aromatic carbocycles. The molecule has 102 heavy (non-hydrogen) atoms. The summed E-state index contributed by atoms with van der Waals surface area (Å²) in [6.07, 6.45) is 76.3. The first kappa shape index (κ1) is 97.9. The maximum atomic E-state index is 12.5. The molecule has 0 aliphatic rings. The van der Waals surface area contributed by atoms with Gasteiger partial charge in [-0.1, -0.05) is 423 Å². The molecular formula is C84H173B2N3O9P2S2. The lowest BCUT2D eigenvalue weighted by molar-refractivity contribution is -0.124. The quantitative estimate of drug-likeness (QED) is 0.0133. The lowest BCUT2D eigenvalue weighted by Gasteiger charge is -2.24. The van der Waals surface area contributed by atoms with Crippen molar-refractivity contribution in [3.63, 3.8) is 0 Å². The van der Waals surface area contributed by atoms with Crippen molar-refractivity contribution in [2.45, 2.75) is 502 Å². The standard InChI is InChI=1S/2C28H58BNO3PS.C28H57NO3/c2*1-3-5-7-9-11-13-14-16-18-20-22-24-28(32)30-26(25-33-35-34-29)27(31)23-21-19-17-15-12-10-8-6-4-2;1-3-5-7-9-11-13-14-16-18-20-22-24-28(32)29-26(25-30)27(31)23-21-19-17-15-12-10-8-6-4-2/h2*26-27,29,31,34H,3-25H2,1-2H3,(H,30,32);26-27,30-31H,3-25H2,1-2H3,(H,29,32)/t26-,27+,34?;26-,27-,34?;26-,27?/m000/s1/i2*29T,34D;. The third kappa shape index (κ3) is 83.9. The van der Waals surface area contributed by atoms with E-state index in [1.54, 1.807) is 0 Å². The van der Waals surface area contributed by atoms with Crippen LogP contribution in [-0.4, -0.2) is 115 Å². The molecule has 3 unspecified atom stereocenters. The van der Waals surface area contributed by atoms with Crippen molar-refractivity contribution in [1.29, 1.82) is 5.23 Å². The average molecular weight is 1520 g/mol. The summed E-state index contributed by atoms with van der Waals surface area (Å²) >= 11 is 1.91. The molecule has 0 rings (SSSR count). The molecule has 7 N–H and O–H groups in total. The van der Waals surface area contributed by atoms with Crippen LogP contribution in [0.5, 0.6) is 0 Å². The van der Waals surface area contributed by atoms with E-state index in [1.807, 2.05) is 0 Å². The second-order valence-corrected chi connectivity index (χ2v) is 33.4. The number of aliphatic hydroxyl groups is 4. The van der Waals surface area contributed by atoms with Crippen LogP contribution in [-0.2, 0) is 22.7 Å². The molecule has 0 aromatic heterocycles. The number of nitrogens with one attached hydrogen (secondary N) is 3. The molecule has 0 fully saturated rings. The minimum Gasteiger partial charge on any atom is -0.394 e. The Morgan fingerprint density at radius 2 is 0.500 bits per heavy atom. The molecule has 0 aliphatic carbocycles. The van der Waals surface area contributed by atoms with Gasteiger partial charge < -0.3 is 44.7 Å². The Morgan fingerprint density at radius 1 is 0.324 bits per heavy atom. The number of hydrogen-bond donors (Lipinski definition) is 7. The smallest absolute Gasteiger partial charge is 0.220 e. The Labute approximate surface area is 653 Å². The second kappa shape index (κ2) is 91.5. The Morgan fingerprint density at radius 3 is 0.696 bits per heavy atom. The number of rotatable bonds is 83. The van der Waals surface area contributed by atoms with Crippen molar-refractivity contribution in [3.8, 4) is 0 Å². The topological polar surface area (TPSA) is 187 Å². The van der Waals surface area contributed by atoms with Gasteiger partial charge >= 0.3 is 0 Å². The van der Waals surface area contributed by atoms with Crippen molar-refractivity contribution in [3.05, 3.63) is 0 Å². The molecule has 18 heteroatoms. The van der Waals surface area contributed by atoms with Crippen LogP contribution in [0.3, 0.4) is 0 Å². The highest BCUT2D eigenvalue weighted by atomic mass is 32.7. The zero-order chi connectivity index (χ0) is 78.5. The van der Waals surface area contributed by atoms with Gasteiger partial charge in [-0.05, 0) is 41.2 Å². The third-order valence-corrected chi connectivity index (χ3v) is 22.0. The predicted octanol–water partition coefficient (Wildman–Crippen LogP) is 24.5. The van der Waals surface area contributed by atoms with Crippen LogP contribution in [0.2, 0.25) is 0 Å². The zero-order valence-electron chi connectivity index (χ0n) is 72.0. The summed E-state index contributed by atoms with van der Waals surface area (Å²) in [4.78, 5) is 37.2. The number of carbonyl (C=O) groups excluding carboxylic acids is 3. The largest absolute Gasteiger partial charge is 0.394 e. The molecular weight excluding hydrogens is 1340 g/mol. The van der Waals surface area contributed by atoms with Crippen molar-refractivity contribution in [1.82, 2.24) is 16.0 Å². The number of unbranched alkanes of at least 4 members (excludes halogenated alkanes) is 54. The van der Waals surface area contributed by atoms with Gasteiger partial charge in [-0.2, -0.15) is 0 Å². The molecule has 0 saturated carbocycles. The van der Waals surface area contributed by atoms with Crippen molar-refractivity contribution >= 4 is 71.3 Å². The van der Waals surface area contributed by atoms with Crippen LogP contribution in [0, 0.1) is 0 Å². The van der Waals surface area contributed by atoms with Crippen LogP contribution in [0.15, 0.2) is 0 Å². The van der Waals surface area contributed by atoms with E-state index in [1.165, 1.54) is 308 Å². The monoisotopic (exact) mass is 1520 g/mol. The first-order chi connectivity index (χ1) is 51.7. The van der Waals surface area contributed by atoms with Gasteiger partial charge in [-0.15, -0.1) is 0 Å². The van der Waals surface area contributed by atoms with Crippen LogP contribution in [0.4, 0.5) is 0 Å². The van der Waals surface area contributed by atoms with E-state index in [4.69, 9.17) is 13.6 Å². The van der Waals surface area contributed by atoms with E-state index >= 15 is 0 Å². The lowest BCUT2D eigenvalue weighted by Crippen LogP contribution is -2.46. The molecule has 0 spiro atoms. The fraction of sp³-hybridized carbons (Fsp3) is 0.964. The van der Waals surface area contributed by atoms with Gasteiger partial charge in [-0.25, -0.2) is 0 Å². The summed E-state index contributed by atoms with van der Waals surface area (Å²) in [5, 5.41) is 50.2. The Hall–Kier alpha value is -0.140. The number of aliphatic hydroxyl groups excluding tert-OH is 4. The lowest BCUT2D eigenvalue weighted by atomic mass is 10.0. The van der Waals surface area contributed by atoms with Gasteiger partial charge in [0.1, 0.15) is 15.1 Å². The fourth-order valence-corrected chi connectivity index (χ4v) is 14.6. The molecule has 0 bridgehead atoms. The Balaban J connectivity index is -0.00000151. The van der Waals surface area contributed by atoms with Crippen LogP contribution < -0.4 is 16.0 Å². The Bertz CT molecular complexity index is 1690. The summed E-state index contributed by atoms with van der Waals surface area (Å²) in [6.45, 7) is 13.6. The van der Waals surface area contributed by atoms with Gasteiger partial charge in [-0.3, -0.25) is 14.4 Å². The van der Waals surface area contributed by atoms with Crippen molar-refractivity contribution < 1.29 is 43.2 Å². The number of hydrogen-bond acceptors (Lipinski definition) is 11. The molecule has 0 aromatic rings. The van der Waals surface area contributed by atoms with Crippen LogP contribution in [0.1, 0.15) is 465 Å². The number of carbonyl (C=O) groups is 3. The van der Waals surface area contributed by atoms with Crippen LogP contribution in [0.25, 0.3) is 0 Å². The van der Waals surface area contributed by atoms with Gasteiger partial charge in [0.15, 0.2) is 0 Å². The van der Waals surface area contributed by atoms with Gasteiger partial charge in [0, 0.05) is 42.6 Å². The van der Waals surface area contributed by atoms with E-state index in [-0.39, 0.29) is 37.5 Å². The summed E-state index contributed by atoms with van der Waals surface area (Å²) < 4.78 is 40.7. The molecule has 3 amide bonds. The van der Waals surface area contributed by atoms with Gasteiger partial charge in [0.25, 0.3) is 0 Å². The molecule has 0 saturated heterocycles. The summed E-state index contributed by atoms with van der Waals surface area (Å²) in [7, 11) is -0.671. The SMILES string of the molecule is CCCCCCCCCCCCCC(=O)N[C@@H](CO)C(O)CCCCCCCCCCC.[2H]P([B][3H])SOC[C@H](NC(=O)CCCCCCCCCCCCC)[C@@H](O)CCCCCCCCCCC.[2H]P([B][3H])SOC[C@H](NC(=O)CCCCCCCCCCCCC)[C@H](O)CCCCCCCCCCC. The molecule has 0 aliphatic heterocycles. The normalized spacial score (nSPS) is 14.3. The summed E-state index contributed by atoms with van der Waals surface area (Å²) in [6, 6.07) is -1.45. The third-order valence-electron chi connectivity index (χ3n) is 20.1. The minimum absolute atomic E-state index is 0.0270. The van der Waals surface area contributed by atoms with Crippen LogP contribution >= 0.6 is 38.5 Å². The summed E-state index contributed by atoms with van der Waals surface area (Å²) in [5.74, 6) is -0.0900. The van der Waals surface area contributed by atoms with Crippen molar-refractivity contribution in [2.24, 2.45) is 0 Å². The van der Waals surface area contributed by atoms with E-state index in [2.05, 4.69) is 57.5 Å². The first-order valence-electron chi connectivity index (χ1n) is 45.9. The highest BCUT2D eigenvalue weighted by Gasteiger charge is 2.24. The van der Waals surface area contributed by atoms with E-state index < -0.39 is 51.6 Å². The van der Waals surface area contributed by atoms with E-state index in [0.29, 0.717) is 38.5 Å². The molecule has 0 heterocycles. The molecule has 8 atom stereocenters. The first-order valence-corrected chi connectivity index (χ1v) is 48.5. The minimum atomic E-state index is -1.40. The summed E-state index contributed by atoms with van der Waals surface area (Å²) in [5.41, 5.74) is 0. The molecule has 2 radical (unpaired) electrons. The fourth-order valence-electron chi connectivity index (χ4n) is 13.3. The number of amides is 3. The van der Waals surface area contributed by atoms with E-state index in [9.17, 15) is 34.8 Å². The highest BCUT2D eigenvalue weighted by molar-refractivity contribution is 8.53. The van der Waals surface area contributed by atoms with Gasteiger partial charge in [0.05, 0.1) is 58.8 Å². The van der Waals surface area contributed by atoms with Crippen molar-refractivity contribution in [2.75, 3.05) is 19.8 Å². The zero-order valence-corrected chi connectivity index (χ0v) is 71.4. The maximum Gasteiger partial charge on any atom is 0.220 e. The average Bonchev–Trinajstić information content (AvgIpc) is 0.937. The Kier molecular flexibility index (Phi) is 87.8.